The molecule has 5 rings (SSSR count). The maximum atomic E-state index is 16.0. The largest absolute Gasteiger partial charge is 0.497 e. The quantitative estimate of drug-likeness (QED) is 0.0904. The molecule has 0 saturated carbocycles. The predicted molar refractivity (Wildman–Crippen MR) is 209 cm³/mol. The normalized spacial score (nSPS) is 11.3. The summed E-state index contributed by atoms with van der Waals surface area (Å²) in [5.74, 6) is -4.43. The van der Waals surface area contributed by atoms with Gasteiger partial charge >= 0.3 is 13.1 Å². The highest BCUT2D eigenvalue weighted by Gasteiger charge is 2.28. The first-order valence-corrected chi connectivity index (χ1v) is 17.9. The Kier molecular flexibility index (Phi) is 16.3. The van der Waals surface area contributed by atoms with Crippen molar-refractivity contribution in [3.05, 3.63) is 107 Å². The zero-order chi connectivity index (χ0) is 42.5. The van der Waals surface area contributed by atoms with Gasteiger partial charge in [-0.15, -0.1) is 0 Å². The van der Waals surface area contributed by atoms with Crippen LogP contribution in [0.3, 0.4) is 0 Å². The lowest BCUT2D eigenvalue weighted by Crippen LogP contribution is -2.43. The second-order valence-corrected chi connectivity index (χ2v) is 12.4. The smallest absolute Gasteiger partial charge is 0.496 e. The topological polar surface area (TPSA) is 175 Å². The molecule has 5 aromatic rings. The van der Waals surface area contributed by atoms with E-state index in [1.807, 2.05) is 13.8 Å². The third-order valence-corrected chi connectivity index (χ3v) is 8.77. The third-order valence-electron chi connectivity index (χ3n) is 8.77. The molecule has 4 N–H and O–H groups in total. The molecule has 58 heavy (non-hydrogen) atoms. The van der Waals surface area contributed by atoms with Crippen molar-refractivity contribution in [2.75, 3.05) is 41.7 Å². The minimum absolute atomic E-state index is 0.0605. The number of carboxylic acids is 1. The highest BCUT2D eigenvalue weighted by molar-refractivity contribution is 6.61. The Morgan fingerprint density at radius 3 is 1.72 bits per heavy atom. The molecule has 1 amide bonds. The number of halogens is 3. The first-order chi connectivity index (χ1) is 27.8. The average Bonchev–Trinajstić information content (AvgIpc) is 3.21. The van der Waals surface area contributed by atoms with Crippen LogP contribution in [0.5, 0.6) is 23.0 Å². The molecule has 1 heterocycles. The van der Waals surface area contributed by atoms with E-state index in [2.05, 4.69) is 10.3 Å². The van der Waals surface area contributed by atoms with Gasteiger partial charge in [-0.3, -0.25) is 9.78 Å². The van der Waals surface area contributed by atoms with Gasteiger partial charge in [-0.1, -0.05) is 12.1 Å². The van der Waals surface area contributed by atoms with Crippen LogP contribution in [-0.2, 0) is 33.9 Å². The van der Waals surface area contributed by atoms with Crippen LogP contribution in [0.1, 0.15) is 40.9 Å². The van der Waals surface area contributed by atoms with Gasteiger partial charge in [-0.25, -0.2) is 18.0 Å². The van der Waals surface area contributed by atoms with Crippen molar-refractivity contribution in [1.29, 1.82) is 0 Å². The molecule has 13 nitrogen and oxygen atoms in total. The zero-order valence-electron chi connectivity index (χ0n) is 32.7. The van der Waals surface area contributed by atoms with Crippen molar-refractivity contribution in [2.24, 2.45) is 0 Å². The van der Waals surface area contributed by atoms with Crippen molar-refractivity contribution in [3.63, 3.8) is 0 Å². The number of hydrogen-bond acceptors (Lipinski definition) is 11. The maximum absolute atomic E-state index is 16.0. The van der Waals surface area contributed by atoms with Crippen LogP contribution in [0, 0.1) is 17.5 Å². The molecule has 17 heteroatoms. The number of carboxylic acid groups (broad SMARTS) is 1. The van der Waals surface area contributed by atoms with Crippen molar-refractivity contribution in [1.82, 2.24) is 10.3 Å². The second-order valence-electron chi connectivity index (χ2n) is 12.4. The van der Waals surface area contributed by atoms with Crippen molar-refractivity contribution in [2.45, 2.75) is 39.5 Å². The second kappa shape index (κ2) is 21.0. The van der Waals surface area contributed by atoms with Crippen LogP contribution in [0.4, 0.5) is 13.2 Å². The summed E-state index contributed by atoms with van der Waals surface area (Å²) in [6, 6.07) is 12.4. The number of aliphatic carboxylic acids is 1. The van der Waals surface area contributed by atoms with E-state index in [1.165, 1.54) is 34.6 Å². The molecule has 0 unspecified atom stereocenters. The number of nitrogens with one attached hydrogen (secondary N) is 1. The summed E-state index contributed by atoms with van der Waals surface area (Å²) >= 11 is 0. The number of hydrogen-bond donors (Lipinski definition) is 4. The van der Waals surface area contributed by atoms with Gasteiger partial charge in [0.25, 0.3) is 5.91 Å². The van der Waals surface area contributed by atoms with Crippen LogP contribution in [0.25, 0.3) is 22.0 Å². The molecule has 0 radical (unpaired) electrons. The van der Waals surface area contributed by atoms with E-state index >= 15 is 4.39 Å². The van der Waals surface area contributed by atoms with Gasteiger partial charge in [0.1, 0.15) is 52.1 Å². The Hall–Kier alpha value is -5.88. The van der Waals surface area contributed by atoms with Gasteiger partial charge in [-0.2, -0.15) is 0 Å². The summed E-state index contributed by atoms with van der Waals surface area (Å²) in [4.78, 5) is 29.1. The third kappa shape index (κ3) is 10.5. The summed E-state index contributed by atoms with van der Waals surface area (Å²) in [6.45, 7) is 5.56. The number of rotatable bonds is 17. The molecular formula is C41H44BF3N2O11. The molecule has 0 aliphatic carbocycles. The molecule has 1 atom stereocenters. The van der Waals surface area contributed by atoms with E-state index in [-0.39, 0.29) is 28.7 Å². The van der Waals surface area contributed by atoms with E-state index in [1.54, 1.807) is 36.4 Å². The van der Waals surface area contributed by atoms with Gasteiger partial charge in [0.05, 0.1) is 63.8 Å². The van der Waals surface area contributed by atoms with E-state index in [4.69, 9.17) is 28.4 Å². The van der Waals surface area contributed by atoms with Crippen molar-refractivity contribution < 1.29 is 66.3 Å². The van der Waals surface area contributed by atoms with Gasteiger partial charge in [0, 0.05) is 31.2 Å². The number of nitrogens with zero attached hydrogens (tertiary/aromatic N) is 1. The number of amides is 1. The van der Waals surface area contributed by atoms with Gasteiger partial charge in [-0.05, 0) is 79.1 Å². The molecule has 0 aliphatic heterocycles. The van der Waals surface area contributed by atoms with Crippen LogP contribution in [-0.4, -0.2) is 86.8 Å². The molecule has 0 saturated heterocycles. The Balaban J connectivity index is 0.000000366. The lowest BCUT2D eigenvalue weighted by molar-refractivity contribution is -0.139. The monoisotopic (exact) mass is 808 g/mol. The molecular weight excluding hydrogens is 764 g/mol. The molecule has 0 spiro atoms. The summed E-state index contributed by atoms with van der Waals surface area (Å²) < 4.78 is 76.4. The number of pyridine rings is 1. The minimum atomic E-state index is -1.64. The predicted octanol–water partition coefficient (Wildman–Crippen LogP) is 5.22. The SMILES string of the molecule is CCOCc1cc(OC)c(-c2c(F)cc(C[C@H](NC(=O)c3c(F)cccc3F)C(=O)O)c3cccnc23)c(OC)c1.CCOCc1cc(OC)c(B(O)O)c(OC)c1. The fourth-order valence-electron chi connectivity index (χ4n) is 6.12. The summed E-state index contributed by atoms with van der Waals surface area (Å²) in [5.41, 5.74) is 1.63. The van der Waals surface area contributed by atoms with Crippen LogP contribution >= 0.6 is 0 Å². The first kappa shape index (κ1) is 44.8. The fraction of sp³-hybridized carbons (Fsp3) is 0.293. The number of aromatic nitrogens is 1. The molecule has 4 aromatic carbocycles. The molecule has 0 aliphatic rings. The number of carbonyl (C=O) groups is 2. The summed E-state index contributed by atoms with van der Waals surface area (Å²) in [5, 5.41) is 30.9. The average molecular weight is 809 g/mol. The van der Waals surface area contributed by atoms with E-state index in [0.29, 0.717) is 53.8 Å². The Morgan fingerprint density at radius 1 is 0.741 bits per heavy atom. The molecule has 1 aromatic heterocycles. The molecule has 0 bridgehead atoms. The van der Waals surface area contributed by atoms with Crippen LogP contribution < -0.4 is 29.7 Å². The van der Waals surface area contributed by atoms with Gasteiger partial charge < -0.3 is 48.9 Å². The van der Waals surface area contributed by atoms with E-state index in [9.17, 15) is 33.5 Å². The minimum Gasteiger partial charge on any atom is -0.497 e. The molecule has 308 valence electrons. The highest BCUT2D eigenvalue weighted by Crippen LogP contribution is 2.44. The standard InChI is InChI=1S/C30H27F3N2O6.C11H17BO5/c1-4-41-15-16-11-23(39-2)27(24(12-16)40-3)26-21(33)13-17(18-7-6-10-34-28(18)26)14-22(30(37)38)35-29(36)25-19(31)8-5-9-20(25)32;1-4-17-7-8-5-9(15-2)11(12(13)14)10(6-8)16-3/h5-13,22H,4,14-15H2,1-3H3,(H,35,36)(H,37,38);5-6,13-14H,4,7H2,1-3H3/t22-;/m0./s1. The fourth-order valence-corrected chi connectivity index (χ4v) is 6.12. The lowest BCUT2D eigenvalue weighted by atomic mass is 9.78. The molecule has 0 fully saturated rings. The Bertz CT molecular complexity index is 2150. The number of ether oxygens (including phenoxy) is 6. The zero-order valence-corrected chi connectivity index (χ0v) is 32.7. The summed E-state index contributed by atoms with van der Waals surface area (Å²) in [6.07, 6.45) is 1.05. The number of benzene rings is 4. The van der Waals surface area contributed by atoms with Crippen LogP contribution in [0.2, 0.25) is 0 Å². The number of fused-ring (bicyclic) bond motifs is 1. The van der Waals surface area contributed by atoms with Crippen LogP contribution in [0.15, 0.2) is 66.9 Å². The van der Waals surface area contributed by atoms with E-state index in [0.717, 1.165) is 35.4 Å². The lowest BCUT2D eigenvalue weighted by Gasteiger charge is -2.20. The Labute approximate surface area is 333 Å². The number of methoxy groups -OCH3 is 4. The van der Waals surface area contributed by atoms with E-state index < -0.39 is 54.5 Å². The van der Waals surface area contributed by atoms with Crippen molar-refractivity contribution >= 4 is 35.4 Å². The van der Waals surface area contributed by atoms with Gasteiger partial charge in [0.2, 0.25) is 0 Å². The highest BCUT2D eigenvalue weighted by atomic mass is 19.1. The first-order valence-electron chi connectivity index (χ1n) is 17.9. The van der Waals surface area contributed by atoms with Gasteiger partial charge in [0.15, 0.2) is 0 Å². The Morgan fingerprint density at radius 2 is 1.26 bits per heavy atom. The maximum Gasteiger partial charge on any atom is 0.496 e. The number of carbonyl (C=O) groups excluding carboxylic acids is 1. The summed E-state index contributed by atoms with van der Waals surface area (Å²) in [7, 11) is 4.16. The van der Waals surface area contributed by atoms with Crippen molar-refractivity contribution in [3.8, 4) is 34.1 Å².